The Bertz CT molecular complexity index is 1280. The summed E-state index contributed by atoms with van der Waals surface area (Å²) in [5.41, 5.74) is 1.99. The maximum Gasteiger partial charge on any atom is 0.337 e. The number of carbonyl (C=O) groups is 1. The Balaban J connectivity index is 1.96. The van der Waals surface area contributed by atoms with Crippen LogP contribution in [-0.4, -0.2) is 17.5 Å². The van der Waals surface area contributed by atoms with Gasteiger partial charge < -0.3 is 9.14 Å². The van der Waals surface area contributed by atoms with Crippen LogP contribution >= 0.6 is 0 Å². The van der Waals surface area contributed by atoms with Gasteiger partial charge in [-0.25, -0.2) is 13.6 Å². The van der Waals surface area contributed by atoms with Crippen LogP contribution in [0.25, 0.3) is 27.9 Å². The molecule has 0 aliphatic heterocycles. The molecule has 0 saturated heterocycles. The van der Waals surface area contributed by atoms with Crippen molar-refractivity contribution < 1.29 is 18.3 Å². The van der Waals surface area contributed by atoms with E-state index >= 15 is 0 Å². The highest BCUT2D eigenvalue weighted by molar-refractivity contribution is 5.91. The molecule has 0 aliphatic rings. The van der Waals surface area contributed by atoms with E-state index in [0.717, 1.165) is 6.20 Å². The highest BCUT2D eigenvalue weighted by Crippen LogP contribution is 2.27. The molecule has 144 valence electrons. The van der Waals surface area contributed by atoms with Crippen molar-refractivity contribution in [2.45, 2.75) is 0 Å². The smallest absolute Gasteiger partial charge is 0.337 e. The highest BCUT2D eigenvalue weighted by atomic mass is 19.1. The molecule has 0 radical (unpaired) electrons. The first kappa shape index (κ1) is 18.6. The Hall–Kier alpha value is -3.80. The lowest BCUT2D eigenvalue weighted by molar-refractivity contribution is 0.0600. The van der Waals surface area contributed by atoms with E-state index in [2.05, 4.69) is 4.74 Å². The van der Waals surface area contributed by atoms with E-state index in [9.17, 15) is 18.4 Å². The second-order valence-corrected chi connectivity index (χ2v) is 6.42. The Morgan fingerprint density at radius 2 is 1.55 bits per heavy atom. The largest absolute Gasteiger partial charge is 0.465 e. The van der Waals surface area contributed by atoms with Gasteiger partial charge in [-0.05, 0) is 59.7 Å². The van der Waals surface area contributed by atoms with Crippen molar-refractivity contribution >= 4 is 11.5 Å². The zero-order valence-electron chi connectivity index (χ0n) is 15.4. The summed E-state index contributed by atoms with van der Waals surface area (Å²) < 4.78 is 34.1. The molecule has 4 aromatic rings. The molecule has 0 aliphatic carbocycles. The molecule has 29 heavy (non-hydrogen) atoms. The van der Waals surface area contributed by atoms with Gasteiger partial charge >= 0.3 is 5.97 Å². The van der Waals surface area contributed by atoms with Crippen molar-refractivity contribution in [2.75, 3.05) is 7.11 Å². The summed E-state index contributed by atoms with van der Waals surface area (Å²) in [4.78, 5) is 24.3. The van der Waals surface area contributed by atoms with Gasteiger partial charge in [0, 0.05) is 6.20 Å². The van der Waals surface area contributed by atoms with Crippen molar-refractivity contribution in [1.82, 2.24) is 4.40 Å². The van der Waals surface area contributed by atoms with E-state index in [1.807, 2.05) is 0 Å². The molecule has 0 N–H and O–H groups in total. The molecule has 4 rings (SSSR count). The number of hydrogen-bond acceptors (Lipinski definition) is 3. The fourth-order valence-electron chi connectivity index (χ4n) is 3.30. The van der Waals surface area contributed by atoms with Crippen LogP contribution in [0, 0.1) is 11.6 Å². The number of esters is 1. The summed E-state index contributed by atoms with van der Waals surface area (Å²) in [7, 11) is 1.28. The molecule has 4 nitrogen and oxygen atoms in total. The maximum absolute atomic E-state index is 14.5. The van der Waals surface area contributed by atoms with Crippen LogP contribution in [0.2, 0.25) is 0 Å². The summed E-state index contributed by atoms with van der Waals surface area (Å²) in [5, 5.41) is 0. The lowest BCUT2D eigenvalue weighted by Gasteiger charge is -2.13. The minimum Gasteiger partial charge on any atom is -0.465 e. The van der Waals surface area contributed by atoms with Gasteiger partial charge in [0.1, 0.15) is 5.82 Å². The first-order valence-corrected chi connectivity index (χ1v) is 8.78. The third-order valence-electron chi connectivity index (χ3n) is 4.70. The number of nitrogens with zero attached hydrogens (tertiary/aromatic N) is 1. The van der Waals surface area contributed by atoms with Crippen LogP contribution in [0.5, 0.6) is 0 Å². The van der Waals surface area contributed by atoms with E-state index in [-0.39, 0.29) is 11.4 Å². The first-order valence-electron chi connectivity index (χ1n) is 8.78. The van der Waals surface area contributed by atoms with Gasteiger partial charge in [-0.2, -0.15) is 0 Å². The van der Waals surface area contributed by atoms with Gasteiger partial charge in [-0.1, -0.05) is 18.2 Å². The SMILES string of the molecule is COC(=O)c1ccc(-c2c(=O)c(F)cn3c(-c4ccc(F)cc4)cccc23)cc1. The third kappa shape index (κ3) is 3.29. The van der Waals surface area contributed by atoms with Gasteiger partial charge in [0.15, 0.2) is 5.82 Å². The second-order valence-electron chi connectivity index (χ2n) is 6.42. The van der Waals surface area contributed by atoms with Gasteiger partial charge in [0.25, 0.3) is 0 Å². The molecule has 6 heteroatoms. The Morgan fingerprint density at radius 1 is 0.897 bits per heavy atom. The number of hydrogen-bond donors (Lipinski definition) is 0. The number of carbonyl (C=O) groups excluding carboxylic acids is 1. The highest BCUT2D eigenvalue weighted by Gasteiger charge is 2.16. The molecular weight excluding hydrogens is 376 g/mol. The van der Waals surface area contributed by atoms with Crippen LogP contribution in [0.4, 0.5) is 8.78 Å². The van der Waals surface area contributed by atoms with Crippen LogP contribution in [0.15, 0.2) is 77.7 Å². The molecule has 0 atom stereocenters. The summed E-state index contributed by atoms with van der Waals surface area (Å²) in [6.45, 7) is 0. The van der Waals surface area contributed by atoms with Gasteiger partial charge in [-0.15, -0.1) is 0 Å². The average molecular weight is 391 g/mol. The van der Waals surface area contributed by atoms with Crippen LogP contribution in [0.3, 0.4) is 0 Å². The Kier molecular flexibility index (Phi) is 4.68. The average Bonchev–Trinajstić information content (AvgIpc) is 2.75. The van der Waals surface area contributed by atoms with Gasteiger partial charge in [0.2, 0.25) is 5.43 Å². The van der Waals surface area contributed by atoms with Crippen molar-refractivity contribution in [3.8, 4) is 22.4 Å². The van der Waals surface area contributed by atoms with E-state index < -0.39 is 17.2 Å². The zero-order chi connectivity index (χ0) is 20.5. The third-order valence-corrected chi connectivity index (χ3v) is 4.70. The molecule has 0 amide bonds. The van der Waals surface area contributed by atoms with E-state index in [1.165, 1.54) is 31.4 Å². The van der Waals surface area contributed by atoms with Crippen molar-refractivity contribution in [1.29, 1.82) is 0 Å². The summed E-state index contributed by atoms with van der Waals surface area (Å²) in [6, 6.07) is 17.2. The summed E-state index contributed by atoms with van der Waals surface area (Å²) in [6.07, 6.45) is 1.13. The first-order chi connectivity index (χ1) is 14.0. The lowest BCUT2D eigenvalue weighted by Crippen LogP contribution is -2.14. The number of aromatic nitrogens is 1. The fraction of sp³-hybridized carbons (Fsp3) is 0.0435. The molecule has 0 saturated carbocycles. The van der Waals surface area contributed by atoms with Crippen LogP contribution in [0.1, 0.15) is 10.4 Å². The molecule has 2 heterocycles. The Morgan fingerprint density at radius 3 is 2.21 bits per heavy atom. The van der Waals surface area contributed by atoms with Crippen LogP contribution < -0.4 is 5.43 Å². The predicted molar refractivity (Wildman–Crippen MR) is 106 cm³/mol. The van der Waals surface area contributed by atoms with E-state index in [4.69, 9.17) is 0 Å². The minimum atomic E-state index is -0.913. The number of rotatable bonds is 3. The molecule has 0 fully saturated rings. The molecule has 2 aromatic carbocycles. The summed E-state index contributed by atoms with van der Waals surface area (Å²) in [5.74, 6) is -1.79. The Labute approximate surface area is 164 Å². The number of benzene rings is 2. The minimum absolute atomic E-state index is 0.172. The van der Waals surface area contributed by atoms with Gasteiger partial charge in [-0.3, -0.25) is 4.79 Å². The topological polar surface area (TPSA) is 47.8 Å². The normalized spacial score (nSPS) is 10.9. The monoisotopic (exact) mass is 391 g/mol. The number of pyridine rings is 2. The maximum atomic E-state index is 14.5. The molecule has 0 spiro atoms. The van der Waals surface area contributed by atoms with Crippen molar-refractivity contribution in [2.24, 2.45) is 0 Å². The number of halogens is 2. The standard InChI is InChI=1S/C23H15F2NO3/c1-29-23(28)16-7-5-15(6-8-16)21-20-4-2-3-19(14-9-11-17(24)12-10-14)26(20)13-18(25)22(21)27/h2-13H,1H3. The quantitative estimate of drug-likeness (QED) is 0.476. The second kappa shape index (κ2) is 7.31. The number of methoxy groups -OCH3 is 1. The fourth-order valence-corrected chi connectivity index (χ4v) is 3.30. The van der Waals surface area contributed by atoms with Crippen LogP contribution in [-0.2, 0) is 4.74 Å². The zero-order valence-corrected chi connectivity index (χ0v) is 15.4. The van der Waals surface area contributed by atoms with Crippen molar-refractivity contribution in [3.05, 3.63) is 100 Å². The molecule has 0 bridgehead atoms. The summed E-state index contributed by atoms with van der Waals surface area (Å²) >= 11 is 0. The molecular formula is C23H15F2NO3. The lowest BCUT2D eigenvalue weighted by atomic mass is 10.0. The van der Waals surface area contributed by atoms with E-state index in [0.29, 0.717) is 27.9 Å². The van der Waals surface area contributed by atoms with E-state index in [1.54, 1.807) is 46.9 Å². The van der Waals surface area contributed by atoms with Gasteiger partial charge in [0.05, 0.1) is 29.4 Å². The predicted octanol–water partition coefficient (Wildman–Crippen LogP) is 4.70. The van der Waals surface area contributed by atoms with Crippen molar-refractivity contribution in [3.63, 3.8) is 0 Å². The molecule has 0 unspecified atom stereocenters. The molecule has 2 aromatic heterocycles. The number of ether oxygens (including phenoxy) is 1. The number of fused-ring (bicyclic) bond motifs is 1.